The molecule has 1 amide bonds. The van der Waals surface area contributed by atoms with Crippen LogP contribution in [0.5, 0.6) is 5.88 Å². The lowest BCUT2D eigenvalue weighted by atomic mass is 10.1. The molecule has 1 N–H and O–H groups in total. The van der Waals surface area contributed by atoms with Gasteiger partial charge in [0, 0.05) is 19.0 Å². The second-order valence-electron chi connectivity index (χ2n) is 10.1. The van der Waals surface area contributed by atoms with E-state index in [2.05, 4.69) is 17.0 Å². The molecule has 10 nitrogen and oxygen atoms in total. The van der Waals surface area contributed by atoms with Crippen molar-refractivity contribution in [3.8, 4) is 17.1 Å². The third kappa shape index (κ3) is 5.53. The Kier molecular flexibility index (Phi) is 7.35. The molecule has 0 aromatic carbocycles. The minimum absolute atomic E-state index is 0.100. The Morgan fingerprint density at radius 1 is 1.39 bits per heavy atom. The van der Waals surface area contributed by atoms with Crippen molar-refractivity contribution in [3.63, 3.8) is 0 Å². The zero-order valence-corrected chi connectivity index (χ0v) is 22.0. The van der Waals surface area contributed by atoms with Crippen LogP contribution in [-0.2, 0) is 16.5 Å². The first-order valence-electron chi connectivity index (χ1n) is 12.4. The molecule has 3 aromatic rings. The molecule has 36 heavy (non-hydrogen) atoms. The third-order valence-electron chi connectivity index (χ3n) is 5.92. The molecule has 0 spiro atoms. The van der Waals surface area contributed by atoms with E-state index in [0.717, 1.165) is 59.4 Å². The van der Waals surface area contributed by atoms with Crippen molar-refractivity contribution < 1.29 is 19.0 Å². The van der Waals surface area contributed by atoms with Gasteiger partial charge < -0.3 is 19.5 Å². The molecule has 194 valence electrons. The maximum atomic E-state index is 12.0. The number of pyridine rings is 1. The van der Waals surface area contributed by atoms with E-state index in [4.69, 9.17) is 24.3 Å². The van der Waals surface area contributed by atoms with E-state index in [1.165, 1.54) is 0 Å². The van der Waals surface area contributed by atoms with Crippen LogP contribution in [0.15, 0.2) is 18.8 Å². The van der Waals surface area contributed by atoms with E-state index in [1.54, 1.807) is 17.0 Å². The lowest BCUT2D eigenvalue weighted by Crippen LogP contribution is -2.37. The van der Waals surface area contributed by atoms with Gasteiger partial charge in [-0.2, -0.15) is 10.2 Å². The summed E-state index contributed by atoms with van der Waals surface area (Å²) in [6, 6.07) is 2.00. The standard InChI is InChI=1S/C26H36N6O4/c1-8-20-18-13-21(29-17(3)23(18)32(30-20)22-11-9-10-12-34-22)19-15-28-31(7)24(19)35-16(2)14-27-25(33)36-26(4,5)6/h8,13,15-16,22H,1,9-12,14H2,2-7H3,(H,27,33)/t16-,22?/m0/s1. The average molecular weight is 497 g/mol. The molecular weight excluding hydrogens is 460 g/mol. The van der Waals surface area contributed by atoms with Crippen LogP contribution < -0.4 is 10.1 Å². The number of carbonyl (C=O) groups excluding carboxylic acids is 1. The minimum atomic E-state index is -0.563. The Morgan fingerprint density at radius 2 is 2.17 bits per heavy atom. The van der Waals surface area contributed by atoms with Crippen LogP contribution in [0.25, 0.3) is 28.2 Å². The fraction of sp³-hybridized carbons (Fsp3) is 0.538. The molecule has 0 bridgehead atoms. The SMILES string of the molecule is C=Cc1nn(C2CCCCO2)c2c(C)nc(-c3cnn(C)c3O[C@@H](C)CNC(=O)OC(C)(C)C)cc12. The van der Waals surface area contributed by atoms with Crippen molar-refractivity contribution in [2.75, 3.05) is 13.2 Å². The van der Waals surface area contributed by atoms with Crippen molar-refractivity contribution in [1.82, 2.24) is 29.9 Å². The number of nitrogens with one attached hydrogen (secondary N) is 1. The van der Waals surface area contributed by atoms with Gasteiger partial charge in [0.1, 0.15) is 11.7 Å². The van der Waals surface area contributed by atoms with Crippen LogP contribution >= 0.6 is 0 Å². The third-order valence-corrected chi connectivity index (χ3v) is 5.92. The number of aromatic nitrogens is 5. The topological polar surface area (TPSA) is 105 Å². The number of fused-ring (bicyclic) bond motifs is 1. The summed E-state index contributed by atoms with van der Waals surface area (Å²) in [7, 11) is 1.81. The van der Waals surface area contributed by atoms with E-state index < -0.39 is 11.7 Å². The maximum absolute atomic E-state index is 12.0. The first-order valence-corrected chi connectivity index (χ1v) is 12.4. The Hall–Kier alpha value is -3.40. The quantitative estimate of drug-likeness (QED) is 0.502. The Balaban J connectivity index is 1.60. The monoisotopic (exact) mass is 496 g/mol. The van der Waals surface area contributed by atoms with Crippen LogP contribution in [0.1, 0.15) is 64.6 Å². The largest absolute Gasteiger partial charge is 0.472 e. The maximum Gasteiger partial charge on any atom is 0.407 e. The summed E-state index contributed by atoms with van der Waals surface area (Å²) in [6.07, 6.45) is 5.68. The molecule has 1 unspecified atom stereocenters. The van der Waals surface area contributed by atoms with E-state index >= 15 is 0 Å². The summed E-state index contributed by atoms with van der Waals surface area (Å²) in [5.74, 6) is 0.558. The molecule has 0 radical (unpaired) electrons. The molecule has 4 heterocycles. The molecule has 1 saturated heterocycles. The number of aryl methyl sites for hydroxylation is 2. The summed E-state index contributed by atoms with van der Waals surface area (Å²) in [5.41, 5.74) is 3.49. The lowest BCUT2D eigenvalue weighted by molar-refractivity contribution is -0.0368. The van der Waals surface area contributed by atoms with Crippen LogP contribution in [0.4, 0.5) is 4.79 Å². The van der Waals surface area contributed by atoms with Crippen LogP contribution in [0.3, 0.4) is 0 Å². The lowest BCUT2D eigenvalue weighted by Gasteiger charge is -2.23. The van der Waals surface area contributed by atoms with Gasteiger partial charge in [0.25, 0.3) is 0 Å². The fourth-order valence-corrected chi connectivity index (χ4v) is 4.30. The first-order chi connectivity index (χ1) is 17.1. The van der Waals surface area contributed by atoms with Crippen LogP contribution in [0.2, 0.25) is 0 Å². The second kappa shape index (κ2) is 10.3. The van der Waals surface area contributed by atoms with Gasteiger partial charge in [0.2, 0.25) is 5.88 Å². The summed E-state index contributed by atoms with van der Waals surface area (Å²) in [4.78, 5) is 16.9. The van der Waals surface area contributed by atoms with Gasteiger partial charge in [-0.25, -0.2) is 14.2 Å². The summed E-state index contributed by atoms with van der Waals surface area (Å²) in [5, 5.41) is 12.9. The predicted octanol–water partition coefficient (Wildman–Crippen LogP) is 4.77. The molecular formula is C26H36N6O4. The summed E-state index contributed by atoms with van der Waals surface area (Å²) < 4.78 is 21.1. The molecule has 1 aliphatic rings. The van der Waals surface area contributed by atoms with Gasteiger partial charge in [-0.3, -0.25) is 4.98 Å². The molecule has 1 aliphatic heterocycles. The molecule has 10 heteroatoms. The molecule has 4 rings (SSSR count). The zero-order chi connectivity index (χ0) is 26.0. The highest BCUT2D eigenvalue weighted by Gasteiger charge is 2.24. The van der Waals surface area contributed by atoms with Crippen molar-refractivity contribution >= 4 is 23.1 Å². The average Bonchev–Trinajstić information content (AvgIpc) is 3.38. The van der Waals surface area contributed by atoms with Gasteiger partial charge in [-0.15, -0.1) is 0 Å². The highest BCUT2D eigenvalue weighted by Crippen LogP contribution is 2.35. The smallest absolute Gasteiger partial charge is 0.407 e. The zero-order valence-electron chi connectivity index (χ0n) is 22.0. The van der Waals surface area contributed by atoms with Crippen LogP contribution in [-0.4, -0.2) is 55.5 Å². The number of hydrogen-bond donors (Lipinski definition) is 1. The molecule has 3 aromatic heterocycles. The highest BCUT2D eigenvalue weighted by molar-refractivity contribution is 5.91. The highest BCUT2D eigenvalue weighted by atomic mass is 16.6. The normalized spacial score (nSPS) is 17.1. The van der Waals surface area contributed by atoms with Crippen molar-refractivity contribution in [3.05, 3.63) is 30.2 Å². The Labute approximate surface area is 211 Å². The number of ether oxygens (including phenoxy) is 3. The second-order valence-corrected chi connectivity index (χ2v) is 10.1. The minimum Gasteiger partial charge on any atom is -0.472 e. The molecule has 2 atom stereocenters. The first kappa shape index (κ1) is 25.7. The van der Waals surface area contributed by atoms with Gasteiger partial charge in [0.05, 0.1) is 40.9 Å². The van der Waals surface area contributed by atoms with Gasteiger partial charge in [0.15, 0.2) is 6.23 Å². The van der Waals surface area contributed by atoms with Gasteiger partial charge >= 0.3 is 6.09 Å². The number of amides is 1. The number of rotatable bonds is 7. The summed E-state index contributed by atoms with van der Waals surface area (Å²) >= 11 is 0. The van der Waals surface area contributed by atoms with E-state index in [-0.39, 0.29) is 18.9 Å². The number of alkyl carbamates (subject to hydrolysis) is 1. The molecule has 0 saturated carbocycles. The number of hydrogen-bond acceptors (Lipinski definition) is 7. The fourth-order valence-electron chi connectivity index (χ4n) is 4.30. The molecule has 1 fully saturated rings. The number of carbonyl (C=O) groups is 1. The van der Waals surface area contributed by atoms with Gasteiger partial charge in [-0.1, -0.05) is 6.58 Å². The van der Waals surface area contributed by atoms with E-state index in [1.807, 2.05) is 52.4 Å². The Morgan fingerprint density at radius 3 is 2.83 bits per heavy atom. The van der Waals surface area contributed by atoms with Gasteiger partial charge in [-0.05, 0) is 66.0 Å². The van der Waals surface area contributed by atoms with Crippen molar-refractivity contribution in [2.24, 2.45) is 7.05 Å². The van der Waals surface area contributed by atoms with E-state index in [9.17, 15) is 4.79 Å². The number of nitrogens with zero attached hydrogens (tertiary/aromatic N) is 5. The van der Waals surface area contributed by atoms with Crippen LogP contribution in [0, 0.1) is 6.92 Å². The molecule has 0 aliphatic carbocycles. The van der Waals surface area contributed by atoms with Crippen molar-refractivity contribution in [1.29, 1.82) is 0 Å². The summed E-state index contributed by atoms with van der Waals surface area (Å²) in [6.45, 7) is 14.3. The predicted molar refractivity (Wildman–Crippen MR) is 138 cm³/mol. The van der Waals surface area contributed by atoms with Crippen molar-refractivity contribution in [2.45, 2.75) is 71.8 Å². The van der Waals surface area contributed by atoms with E-state index in [0.29, 0.717) is 5.88 Å². The Bertz CT molecular complexity index is 1250.